The van der Waals surface area contributed by atoms with E-state index in [4.69, 9.17) is 11.2 Å². The minimum atomic E-state index is -0.450. The van der Waals surface area contributed by atoms with Crippen LogP contribution < -0.4 is 5.32 Å². The zero-order chi connectivity index (χ0) is 12.7. The Bertz CT molecular complexity index is 443. The molecule has 0 radical (unpaired) electrons. The first kappa shape index (κ1) is 12.8. The molecular formula is C13H13NO3. The van der Waals surface area contributed by atoms with Gasteiger partial charge >= 0.3 is 5.97 Å². The van der Waals surface area contributed by atoms with Gasteiger partial charge in [-0.2, -0.15) is 0 Å². The van der Waals surface area contributed by atoms with E-state index in [0.29, 0.717) is 12.1 Å². The zero-order valence-corrected chi connectivity index (χ0v) is 9.53. The molecule has 0 bridgehead atoms. The van der Waals surface area contributed by atoms with E-state index in [1.54, 1.807) is 24.3 Å². The third kappa shape index (κ3) is 4.39. The molecule has 88 valence electrons. The van der Waals surface area contributed by atoms with E-state index in [1.165, 1.54) is 6.92 Å². The van der Waals surface area contributed by atoms with Crippen molar-refractivity contribution in [2.75, 3.05) is 6.61 Å². The molecule has 0 atom stereocenters. The highest BCUT2D eigenvalue weighted by molar-refractivity contribution is 5.89. The van der Waals surface area contributed by atoms with E-state index in [1.807, 2.05) is 0 Å². The third-order valence-corrected chi connectivity index (χ3v) is 2.02. The minimum absolute atomic E-state index is 0.0352. The molecule has 0 fully saturated rings. The minimum Gasteiger partial charge on any atom is -0.449 e. The molecule has 1 N–H and O–H groups in total. The van der Waals surface area contributed by atoms with Gasteiger partial charge in [-0.25, -0.2) is 4.79 Å². The summed E-state index contributed by atoms with van der Waals surface area (Å²) in [4.78, 5) is 22.1. The van der Waals surface area contributed by atoms with Gasteiger partial charge in [0, 0.05) is 13.5 Å². The number of benzene rings is 1. The molecule has 0 spiro atoms. The molecule has 0 aliphatic heterocycles. The summed E-state index contributed by atoms with van der Waals surface area (Å²) in [7, 11) is 0. The molecule has 0 saturated heterocycles. The van der Waals surface area contributed by atoms with Crippen LogP contribution in [-0.2, 0) is 16.1 Å². The summed E-state index contributed by atoms with van der Waals surface area (Å²) in [6.07, 6.45) is 4.98. The quantitative estimate of drug-likeness (QED) is 0.624. The Labute approximate surface area is 100.0 Å². The maximum atomic E-state index is 11.4. The Morgan fingerprint density at radius 1 is 1.35 bits per heavy atom. The largest absolute Gasteiger partial charge is 0.449 e. The van der Waals surface area contributed by atoms with Gasteiger partial charge in [0.25, 0.3) is 0 Å². The lowest BCUT2D eigenvalue weighted by Gasteiger charge is -2.04. The zero-order valence-electron chi connectivity index (χ0n) is 9.53. The van der Waals surface area contributed by atoms with Crippen molar-refractivity contribution >= 4 is 11.9 Å². The molecule has 1 aromatic rings. The summed E-state index contributed by atoms with van der Waals surface area (Å²) in [5, 5.41) is 2.66. The summed E-state index contributed by atoms with van der Waals surface area (Å²) in [5.41, 5.74) is 1.35. The molecule has 4 heteroatoms. The van der Waals surface area contributed by atoms with Gasteiger partial charge < -0.3 is 10.1 Å². The molecule has 1 amide bonds. The molecular weight excluding hydrogens is 218 g/mol. The number of carbonyl (C=O) groups excluding carboxylic acids is 2. The van der Waals surface area contributed by atoms with Crippen molar-refractivity contribution in [1.29, 1.82) is 0 Å². The van der Waals surface area contributed by atoms with Crippen molar-refractivity contribution in [3.05, 3.63) is 35.4 Å². The van der Waals surface area contributed by atoms with Gasteiger partial charge in [-0.15, -0.1) is 6.42 Å². The van der Waals surface area contributed by atoms with Crippen LogP contribution in [0.1, 0.15) is 22.8 Å². The van der Waals surface area contributed by atoms with Crippen molar-refractivity contribution in [3.8, 4) is 12.3 Å². The van der Waals surface area contributed by atoms with Crippen LogP contribution in [-0.4, -0.2) is 18.5 Å². The van der Waals surface area contributed by atoms with Crippen LogP contribution >= 0.6 is 0 Å². The Kier molecular flexibility index (Phi) is 4.77. The molecule has 1 rings (SSSR count). The second kappa shape index (κ2) is 6.33. The highest BCUT2D eigenvalue weighted by Gasteiger charge is 2.05. The van der Waals surface area contributed by atoms with Crippen molar-refractivity contribution < 1.29 is 14.3 Å². The van der Waals surface area contributed by atoms with Crippen LogP contribution in [0.3, 0.4) is 0 Å². The van der Waals surface area contributed by atoms with Gasteiger partial charge in [0.2, 0.25) is 5.91 Å². The molecule has 0 aliphatic carbocycles. The number of terminal acetylenes is 1. The molecule has 0 aromatic heterocycles. The highest BCUT2D eigenvalue weighted by Crippen LogP contribution is 2.05. The smallest absolute Gasteiger partial charge is 0.339 e. The van der Waals surface area contributed by atoms with Crippen LogP contribution in [0.4, 0.5) is 0 Å². The van der Waals surface area contributed by atoms with Gasteiger partial charge in [-0.3, -0.25) is 4.79 Å². The monoisotopic (exact) mass is 231 g/mol. The fourth-order valence-corrected chi connectivity index (χ4v) is 1.18. The van der Waals surface area contributed by atoms with Crippen molar-refractivity contribution in [2.45, 2.75) is 13.5 Å². The lowest BCUT2D eigenvalue weighted by Crippen LogP contribution is -2.18. The summed E-state index contributed by atoms with van der Waals surface area (Å²) >= 11 is 0. The van der Waals surface area contributed by atoms with Gasteiger partial charge in [0.1, 0.15) is 0 Å². The van der Waals surface area contributed by atoms with Gasteiger partial charge in [-0.05, 0) is 17.7 Å². The number of hydrogen-bond donors (Lipinski definition) is 1. The molecule has 0 heterocycles. The lowest BCUT2D eigenvalue weighted by atomic mass is 10.1. The average Bonchev–Trinajstić information content (AvgIpc) is 2.34. The van der Waals surface area contributed by atoms with Crippen LogP contribution in [0.15, 0.2) is 24.3 Å². The van der Waals surface area contributed by atoms with E-state index in [-0.39, 0.29) is 12.5 Å². The Morgan fingerprint density at radius 3 is 2.53 bits per heavy atom. The molecule has 0 unspecified atom stereocenters. The number of rotatable bonds is 4. The van der Waals surface area contributed by atoms with Crippen LogP contribution in [0.2, 0.25) is 0 Å². The second-order valence-corrected chi connectivity index (χ2v) is 3.39. The van der Waals surface area contributed by atoms with Gasteiger partial charge in [-0.1, -0.05) is 18.1 Å². The van der Waals surface area contributed by atoms with E-state index >= 15 is 0 Å². The standard InChI is InChI=1S/C13H13NO3/c1-3-8-17-13(16)12-6-4-11(5-7-12)9-14-10(2)15/h1,4-7H,8-9H2,2H3,(H,14,15). The topological polar surface area (TPSA) is 55.4 Å². The Balaban J connectivity index is 2.58. The average molecular weight is 231 g/mol. The Hall–Kier alpha value is -2.28. The molecule has 0 saturated carbocycles. The number of hydrogen-bond acceptors (Lipinski definition) is 3. The predicted octanol–water partition coefficient (Wildman–Crippen LogP) is 1.11. The first-order valence-electron chi connectivity index (χ1n) is 5.07. The Morgan fingerprint density at radius 2 is 2.00 bits per heavy atom. The van der Waals surface area contributed by atoms with Crippen molar-refractivity contribution in [1.82, 2.24) is 5.32 Å². The van der Waals surface area contributed by atoms with Crippen LogP contribution in [0, 0.1) is 12.3 Å². The van der Waals surface area contributed by atoms with Crippen LogP contribution in [0.5, 0.6) is 0 Å². The maximum Gasteiger partial charge on any atom is 0.339 e. The van der Waals surface area contributed by atoms with Crippen molar-refractivity contribution in [2.24, 2.45) is 0 Å². The normalized spacial score (nSPS) is 9.18. The third-order valence-electron chi connectivity index (χ3n) is 2.02. The molecule has 1 aromatic carbocycles. The van der Waals surface area contributed by atoms with Gasteiger partial charge in [0.15, 0.2) is 6.61 Å². The SMILES string of the molecule is C#CCOC(=O)c1ccc(CNC(C)=O)cc1. The highest BCUT2D eigenvalue weighted by atomic mass is 16.5. The number of amides is 1. The molecule has 4 nitrogen and oxygen atoms in total. The van der Waals surface area contributed by atoms with E-state index < -0.39 is 5.97 Å². The molecule has 17 heavy (non-hydrogen) atoms. The number of ether oxygens (including phenoxy) is 1. The number of nitrogens with one attached hydrogen (secondary N) is 1. The molecule has 0 aliphatic rings. The summed E-state index contributed by atoms with van der Waals surface area (Å²) in [5.74, 6) is 1.68. The number of esters is 1. The second-order valence-electron chi connectivity index (χ2n) is 3.39. The first-order chi connectivity index (χ1) is 8.13. The maximum absolute atomic E-state index is 11.4. The summed E-state index contributed by atoms with van der Waals surface area (Å²) in [6, 6.07) is 6.77. The van der Waals surface area contributed by atoms with E-state index in [0.717, 1.165) is 5.56 Å². The fourth-order valence-electron chi connectivity index (χ4n) is 1.18. The van der Waals surface area contributed by atoms with E-state index in [9.17, 15) is 9.59 Å². The lowest BCUT2D eigenvalue weighted by molar-refractivity contribution is -0.119. The van der Waals surface area contributed by atoms with Gasteiger partial charge in [0.05, 0.1) is 5.56 Å². The van der Waals surface area contributed by atoms with Crippen LogP contribution in [0.25, 0.3) is 0 Å². The van der Waals surface area contributed by atoms with E-state index in [2.05, 4.69) is 11.2 Å². The summed E-state index contributed by atoms with van der Waals surface area (Å²) < 4.78 is 4.77. The number of carbonyl (C=O) groups is 2. The fraction of sp³-hybridized carbons (Fsp3) is 0.231. The summed E-state index contributed by atoms with van der Waals surface area (Å²) in [6.45, 7) is 1.85. The first-order valence-corrected chi connectivity index (χ1v) is 5.07. The predicted molar refractivity (Wildman–Crippen MR) is 63.1 cm³/mol. The van der Waals surface area contributed by atoms with Crippen molar-refractivity contribution in [3.63, 3.8) is 0 Å².